The number of rotatable bonds is 6. The van der Waals surface area contributed by atoms with Gasteiger partial charge in [-0.25, -0.2) is 9.50 Å². The molecule has 6 nitrogen and oxygen atoms in total. The second-order valence-electron chi connectivity index (χ2n) is 6.74. The maximum atomic E-state index is 5.32. The average molecular weight is 357 g/mol. The molecule has 7 heteroatoms. The van der Waals surface area contributed by atoms with Crippen LogP contribution < -0.4 is 4.90 Å². The van der Waals surface area contributed by atoms with Gasteiger partial charge in [-0.15, -0.1) is 5.10 Å². The number of imidazole rings is 1. The molecule has 1 fully saturated rings. The van der Waals surface area contributed by atoms with Crippen LogP contribution >= 0.6 is 11.3 Å². The van der Waals surface area contributed by atoms with E-state index in [9.17, 15) is 0 Å². The van der Waals surface area contributed by atoms with Crippen molar-refractivity contribution in [3.8, 4) is 11.3 Å². The van der Waals surface area contributed by atoms with E-state index in [-0.39, 0.29) is 0 Å². The highest BCUT2D eigenvalue weighted by atomic mass is 32.1. The van der Waals surface area contributed by atoms with Crippen molar-refractivity contribution in [2.45, 2.75) is 32.2 Å². The Bertz CT molecular complexity index is 799. The van der Waals surface area contributed by atoms with E-state index < -0.39 is 0 Å². The second kappa shape index (κ2) is 7.09. The van der Waals surface area contributed by atoms with Crippen LogP contribution in [0.5, 0.6) is 0 Å². The van der Waals surface area contributed by atoms with E-state index in [0.717, 1.165) is 33.8 Å². The Morgan fingerprint density at radius 1 is 1.40 bits per heavy atom. The number of nitrogens with zero attached hydrogens (tertiary/aromatic N) is 5. The average Bonchev–Trinajstić information content (AvgIpc) is 3.31. The molecule has 0 spiro atoms. The summed E-state index contributed by atoms with van der Waals surface area (Å²) >= 11 is 1.65. The first-order valence-electron chi connectivity index (χ1n) is 8.77. The molecular weight excluding hydrogens is 334 g/mol. The highest BCUT2D eigenvalue weighted by Gasteiger charge is 2.29. The number of hydrogen-bond donors (Lipinski definition) is 0. The highest BCUT2D eigenvalue weighted by molar-refractivity contribution is 7.20. The van der Waals surface area contributed by atoms with Crippen LogP contribution in [0.15, 0.2) is 30.7 Å². The van der Waals surface area contributed by atoms with Crippen LogP contribution in [-0.4, -0.2) is 45.9 Å². The lowest BCUT2D eigenvalue weighted by atomic mass is 10.1. The van der Waals surface area contributed by atoms with Crippen molar-refractivity contribution in [3.05, 3.63) is 30.7 Å². The Labute approximate surface area is 151 Å². The summed E-state index contributed by atoms with van der Waals surface area (Å²) in [5.41, 5.74) is 1.93. The fourth-order valence-electron chi connectivity index (χ4n) is 3.54. The minimum absolute atomic E-state index is 0.554. The molecule has 1 aliphatic rings. The quantitative estimate of drug-likeness (QED) is 0.676. The zero-order valence-electron chi connectivity index (χ0n) is 14.6. The van der Waals surface area contributed by atoms with Gasteiger partial charge in [0.1, 0.15) is 0 Å². The smallest absolute Gasteiger partial charge is 0.214 e. The maximum Gasteiger partial charge on any atom is 0.214 e. The minimum atomic E-state index is 0.554. The van der Waals surface area contributed by atoms with Crippen LogP contribution in [-0.2, 0) is 4.74 Å². The maximum absolute atomic E-state index is 5.32. The van der Waals surface area contributed by atoms with Gasteiger partial charge in [0, 0.05) is 37.7 Å². The summed E-state index contributed by atoms with van der Waals surface area (Å²) in [7, 11) is 1.75. The molecule has 4 rings (SSSR count). The van der Waals surface area contributed by atoms with Gasteiger partial charge in [-0.2, -0.15) is 0 Å². The van der Waals surface area contributed by atoms with Gasteiger partial charge in [-0.1, -0.05) is 18.3 Å². The number of aromatic nitrogens is 4. The molecule has 0 aliphatic heterocycles. The van der Waals surface area contributed by atoms with E-state index >= 15 is 0 Å². The first-order valence-corrected chi connectivity index (χ1v) is 9.58. The van der Waals surface area contributed by atoms with Crippen molar-refractivity contribution in [1.82, 2.24) is 19.6 Å². The monoisotopic (exact) mass is 357 g/mol. The lowest BCUT2D eigenvalue weighted by Gasteiger charge is -2.28. The molecule has 0 bridgehead atoms. The Balaban J connectivity index is 1.61. The Hall–Kier alpha value is -1.99. The molecule has 0 radical (unpaired) electrons. The molecule has 3 aromatic rings. The van der Waals surface area contributed by atoms with Crippen molar-refractivity contribution in [1.29, 1.82) is 0 Å². The number of methoxy groups -OCH3 is 1. The lowest BCUT2D eigenvalue weighted by molar-refractivity contribution is 0.203. The van der Waals surface area contributed by atoms with E-state index in [2.05, 4.69) is 16.8 Å². The Morgan fingerprint density at radius 2 is 2.32 bits per heavy atom. The van der Waals surface area contributed by atoms with Gasteiger partial charge >= 0.3 is 0 Å². The molecule has 0 saturated heterocycles. The van der Waals surface area contributed by atoms with Gasteiger partial charge in [-0.3, -0.25) is 4.98 Å². The first kappa shape index (κ1) is 16.5. The molecule has 0 N–H and O–H groups in total. The molecule has 0 amide bonds. The molecule has 0 aromatic carbocycles. The zero-order chi connectivity index (χ0) is 17.2. The Morgan fingerprint density at radius 3 is 3.00 bits per heavy atom. The van der Waals surface area contributed by atoms with Crippen LogP contribution in [0.4, 0.5) is 5.13 Å². The van der Waals surface area contributed by atoms with Gasteiger partial charge in [0.05, 0.1) is 18.5 Å². The third-order valence-electron chi connectivity index (χ3n) is 4.88. The van der Waals surface area contributed by atoms with Gasteiger partial charge in [-0.05, 0) is 37.3 Å². The number of fused-ring (bicyclic) bond motifs is 1. The summed E-state index contributed by atoms with van der Waals surface area (Å²) in [5.74, 6) is 0.788. The summed E-state index contributed by atoms with van der Waals surface area (Å²) in [4.78, 5) is 12.2. The van der Waals surface area contributed by atoms with Gasteiger partial charge in [0.15, 0.2) is 0 Å². The molecule has 3 aromatic heterocycles. The highest BCUT2D eigenvalue weighted by Crippen LogP contribution is 2.34. The SMILES string of the molecule is COCCN(c1nn2cc(-c3cccnc3)nc2s1)C1CCC(C)C1. The molecule has 25 heavy (non-hydrogen) atoms. The fourth-order valence-corrected chi connectivity index (χ4v) is 4.52. The number of anilines is 1. The van der Waals surface area contributed by atoms with Crippen molar-refractivity contribution in [3.63, 3.8) is 0 Å². The van der Waals surface area contributed by atoms with Crippen molar-refractivity contribution >= 4 is 21.4 Å². The Kier molecular flexibility index (Phi) is 4.67. The molecule has 132 valence electrons. The van der Waals surface area contributed by atoms with E-state index in [0.29, 0.717) is 12.6 Å². The van der Waals surface area contributed by atoms with Crippen LogP contribution in [0.25, 0.3) is 16.2 Å². The fraction of sp³-hybridized carbons (Fsp3) is 0.500. The van der Waals surface area contributed by atoms with E-state index in [4.69, 9.17) is 14.8 Å². The predicted molar refractivity (Wildman–Crippen MR) is 100 cm³/mol. The summed E-state index contributed by atoms with van der Waals surface area (Å²) in [5, 5.41) is 5.84. The zero-order valence-corrected chi connectivity index (χ0v) is 15.4. The molecule has 1 saturated carbocycles. The van der Waals surface area contributed by atoms with Crippen LogP contribution in [0.2, 0.25) is 0 Å². The normalized spacial score (nSPS) is 20.4. The van der Waals surface area contributed by atoms with Gasteiger partial charge < -0.3 is 9.64 Å². The van der Waals surface area contributed by atoms with Crippen molar-refractivity contribution in [2.75, 3.05) is 25.2 Å². The minimum Gasteiger partial charge on any atom is -0.383 e. The summed E-state index contributed by atoms with van der Waals surface area (Å²) in [6.45, 7) is 3.93. The molecule has 2 atom stereocenters. The topological polar surface area (TPSA) is 55.5 Å². The second-order valence-corrected chi connectivity index (χ2v) is 7.67. The van der Waals surface area contributed by atoms with Crippen molar-refractivity contribution < 1.29 is 4.74 Å². The van der Waals surface area contributed by atoms with E-state index in [1.165, 1.54) is 19.3 Å². The van der Waals surface area contributed by atoms with Crippen LogP contribution in [0.1, 0.15) is 26.2 Å². The summed E-state index contributed by atoms with van der Waals surface area (Å²) in [6, 6.07) is 4.50. The summed E-state index contributed by atoms with van der Waals surface area (Å²) in [6.07, 6.45) is 9.34. The van der Waals surface area contributed by atoms with Gasteiger partial charge in [0.25, 0.3) is 0 Å². The van der Waals surface area contributed by atoms with Crippen molar-refractivity contribution in [2.24, 2.45) is 5.92 Å². The first-order chi connectivity index (χ1) is 12.2. The van der Waals surface area contributed by atoms with Crippen LogP contribution in [0.3, 0.4) is 0 Å². The lowest BCUT2D eigenvalue weighted by Crippen LogP contribution is -2.36. The third kappa shape index (κ3) is 3.39. The predicted octanol–water partition coefficient (Wildman–Crippen LogP) is 3.49. The molecular formula is C18H23N5OS. The number of pyridine rings is 1. The molecule has 2 unspecified atom stereocenters. The van der Waals surface area contributed by atoms with Gasteiger partial charge in [0.2, 0.25) is 10.1 Å². The van der Waals surface area contributed by atoms with E-state index in [1.54, 1.807) is 24.6 Å². The number of hydrogen-bond acceptors (Lipinski definition) is 6. The molecule has 1 aliphatic carbocycles. The van der Waals surface area contributed by atoms with E-state index in [1.807, 2.05) is 29.0 Å². The standard InChI is InChI=1S/C18H23N5OS/c1-13-5-6-15(10-13)22(8-9-24-2)18-21-23-12-16(20-17(23)25-18)14-4-3-7-19-11-14/h3-4,7,11-13,15H,5-6,8-10H2,1-2H3. The third-order valence-corrected chi connectivity index (χ3v) is 5.84. The molecule has 3 heterocycles. The van der Waals surface area contributed by atoms with Crippen LogP contribution in [0, 0.1) is 5.92 Å². The largest absolute Gasteiger partial charge is 0.383 e. The summed E-state index contributed by atoms with van der Waals surface area (Å²) < 4.78 is 7.21. The number of ether oxygens (including phenoxy) is 1.